The van der Waals surface area contributed by atoms with Gasteiger partial charge in [-0.25, -0.2) is 19.3 Å². The first-order valence-corrected chi connectivity index (χ1v) is 18.7. The lowest BCUT2D eigenvalue weighted by Gasteiger charge is -2.38. The first-order chi connectivity index (χ1) is 25.8. The van der Waals surface area contributed by atoms with Gasteiger partial charge in [-0.3, -0.25) is 47.8 Å². The molecule has 4 rings (SSSR count). The van der Waals surface area contributed by atoms with Gasteiger partial charge in [-0.15, -0.1) is 0 Å². The van der Waals surface area contributed by atoms with E-state index in [0.29, 0.717) is 43.5 Å². The molecule has 1 aromatic carbocycles. The second kappa shape index (κ2) is 19.2. The molecule has 0 radical (unpaired) electrons. The Hall–Kier alpha value is -5.30. The molecule has 292 valence electrons. The van der Waals surface area contributed by atoms with Crippen LogP contribution in [0.2, 0.25) is 0 Å². The molecule has 2 aromatic heterocycles. The van der Waals surface area contributed by atoms with E-state index in [2.05, 4.69) is 41.2 Å². The van der Waals surface area contributed by atoms with Gasteiger partial charge < -0.3 is 26.2 Å². The topological polar surface area (TPSA) is 290 Å². The summed E-state index contributed by atoms with van der Waals surface area (Å²) in [6.45, 7) is 4.14. The highest BCUT2D eigenvalue weighted by molar-refractivity contribution is 7.48. The highest BCUT2D eigenvalue weighted by Crippen LogP contribution is 2.49. The molecule has 1 fully saturated rings. The maximum absolute atomic E-state index is 13.3. The molecule has 1 saturated carbocycles. The minimum atomic E-state index is -3.62. The summed E-state index contributed by atoms with van der Waals surface area (Å²) in [4.78, 5) is 89.2. The molecule has 0 unspecified atom stereocenters. The molecule has 0 spiro atoms. The van der Waals surface area contributed by atoms with E-state index in [1.165, 1.54) is 18.3 Å². The molecule has 2 heterocycles. The molecule has 54 heavy (non-hydrogen) atoms. The van der Waals surface area contributed by atoms with Crippen molar-refractivity contribution in [1.82, 2.24) is 30.6 Å². The number of H-pyrrole nitrogens is 1. The van der Waals surface area contributed by atoms with E-state index < -0.39 is 60.9 Å². The number of phosphoric acid groups is 1. The Morgan fingerprint density at radius 2 is 1.69 bits per heavy atom. The van der Waals surface area contributed by atoms with Crippen molar-refractivity contribution in [3.8, 4) is 0 Å². The van der Waals surface area contributed by atoms with Crippen molar-refractivity contribution in [3.63, 3.8) is 0 Å². The molecule has 3 amide bonds. The van der Waals surface area contributed by atoms with Crippen molar-refractivity contribution in [3.05, 3.63) is 52.1 Å². The number of unbranched alkanes of at least 4 members (excludes halogenated alkanes) is 1. The molecule has 1 aliphatic carbocycles. The van der Waals surface area contributed by atoms with E-state index in [1.54, 1.807) is 26.0 Å². The molecule has 7 N–H and O–H groups in total. The van der Waals surface area contributed by atoms with Crippen LogP contribution in [-0.4, -0.2) is 92.2 Å². The van der Waals surface area contributed by atoms with E-state index >= 15 is 0 Å². The standard InChI is InChI=1S/C33H43N8O12P/c1-3-51-54(50,52-4-2)53-17-6-5-16-34-30(48)33(14-7-15-33)31(49)41-32-39-26-25(28(45)40-32)37-22(19-36-26)18-35-21-10-8-20(9-11-21)27(44)38-23(29(46)47)12-13-24(42)43/h8-11,19,23,35H,3-7,12-18H2,1-2H3,(H,34,48)(H,38,44)(H,42,43)(H,46,47)(H2,36,39,40,41,45,49)/t23-/m0/s1. The lowest BCUT2D eigenvalue weighted by molar-refractivity contribution is -0.146. The van der Waals surface area contributed by atoms with Crippen LogP contribution in [0.5, 0.6) is 0 Å². The summed E-state index contributed by atoms with van der Waals surface area (Å²) in [6, 6.07) is 4.68. The third-order valence-electron chi connectivity index (χ3n) is 8.33. The van der Waals surface area contributed by atoms with Crippen LogP contribution in [0.15, 0.2) is 35.3 Å². The number of fused-ring (bicyclic) bond motifs is 1. The number of aromatic nitrogens is 4. The van der Waals surface area contributed by atoms with Gasteiger partial charge in [0.15, 0.2) is 11.2 Å². The number of amides is 3. The van der Waals surface area contributed by atoms with E-state index in [1.807, 2.05) is 0 Å². The van der Waals surface area contributed by atoms with Crippen LogP contribution >= 0.6 is 7.82 Å². The van der Waals surface area contributed by atoms with Gasteiger partial charge in [0.05, 0.1) is 38.3 Å². The first-order valence-electron chi connectivity index (χ1n) is 17.3. The summed E-state index contributed by atoms with van der Waals surface area (Å²) >= 11 is 0. The normalized spacial score (nSPS) is 14.0. The number of carbonyl (C=O) groups is 5. The van der Waals surface area contributed by atoms with E-state index in [9.17, 15) is 38.4 Å². The van der Waals surface area contributed by atoms with Crippen LogP contribution in [0.25, 0.3) is 11.2 Å². The number of nitrogens with zero attached hydrogens (tertiary/aromatic N) is 3. The Balaban J connectivity index is 1.29. The number of nitrogens with one attached hydrogen (secondary N) is 5. The van der Waals surface area contributed by atoms with Crippen molar-refractivity contribution in [2.24, 2.45) is 5.41 Å². The van der Waals surface area contributed by atoms with Crippen LogP contribution < -0.4 is 26.8 Å². The second-order valence-corrected chi connectivity index (χ2v) is 13.8. The summed E-state index contributed by atoms with van der Waals surface area (Å²) in [7, 11) is -3.62. The van der Waals surface area contributed by atoms with Gasteiger partial charge in [-0.05, 0) is 70.2 Å². The first kappa shape index (κ1) is 41.5. The van der Waals surface area contributed by atoms with Crippen molar-refractivity contribution in [1.29, 1.82) is 0 Å². The molecular weight excluding hydrogens is 731 g/mol. The monoisotopic (exact) mass is 774 g/mol. The van der Waals surface area contributed by atoms with Crippen molar-refractivity contribution in [2.75, 3.05) is 37.0 Å². The fraction of sp³-hybridized carbons (Fsp3) is 0.485. The largest absolute Gasteiger partial charge is 0.481 e. The summed E-state index contributed by atoms with van der Waals surface area (Å²) in [5, 5.41) is 28.8. The SMILES string of the molecule is CCOP(=O)(OCC)OCCCCNC(=O)C1(C(=O)Nc2nc3ncc(CNc4ccc(C(=O)N[C@@H](CCC(=O)O)C(=O)O)cc4)nc3c(=O)[nH]2)CCC1. The Bertz CT molecular complexity index is 1930. The molecule has 21 heteroatoms. The maximum Gasteiger partial charge on any atom is 0.474 e. The number of aromatic amines is 1. The summed E-state index contributed by atoms with van der Waals surface area (Å²) < 4.78 is 27.8. The predicted molar refractivity (Wildman–Crippen MR) is 191 cm³/mol. The summed E-state index contributed by atoms with van der Waals surface area (Å²) in [5.41, 5.74) is -1.05. The highest BCUT2D eigenvalue weighted by atomic mass is 31.2. The van der Waals surface area contributed by atoms with Crippen molar-refractivity contribution in [2.45, 2.75) is 71.4 Å². The van der Waals surface area contributed by atoms with Crippen LogP contribution in [-0.2, 0) is 43.9 Å². The number of phosphoric ester groups is 1. The van der Waals surface area contributed by atoms with Crippen LogP contribution in [0.4, 0.5) is 11.6 Å². The molecule has 0 bridgehead atoms. The van der Waals surface area contributed by atoms with E-state index in [4.69, 9.17) is 18.7 Å². The Morgan fingerprint density at radius 3 is 2.30 bits per heavy atom. The number of carboxylic acid groups (broad SMARTS) is 2. The van der Waals surface area contributed by atoms with Crippen LogP contribution in [0, 0.1) is 5.41 Å². The van der Waals surface area contributed by atoms with Crippen molar-refractivity contribution < 1.29 is 52.3 Å². The van der Waals surface area contributed by atoms with Gasteiger partial charge >= 0.3 is 19.8 Å². The highest BCUT2D eigenvalue weighted by Gasteiger charge is 2.51. The van der Waals surface area contributed by atoms with Crippen LogP contribution in [0.1, 0.15) is 74.8 Å². The minimum absolute atomic E-state index is 0.0382. The molecule has 20 nitrogen and oxygen atoms in total. The van der Waals surface area contributed by atoms with Gasteiger partial charge in [0.25, 0.3) is 11.5 Å². The number of hydrogen-bond acceptors (Lipinski definition) is 14. The predicted octanol–water partition coefficient (Wildman–Crippen LogP) is 2.58. The van der Waals surface area contributed by atoms with Gasteiger partial charge in [-0.2, -0.15) is 4.98 Å². The summed E-state index contributed by atoms with van der Waals surface area (Å²) in [5.74, 6) is -4.48. The zero-order valence-electron chi connectivity index (χ0n) is 29.7. The van der Waals surface area contributed by atoms with Crippen LogP contribution in [0.3, 0.4) is 0 Å². The number of rotatable bonds is 22. The number of anilines is 2. The van der Waals surface area contributed by atoms with E-state index in [0.717, 1.165) is 0 Å². The minimum Gasteiger partial charge on any atom is -0.481 e. The molecule has 1 atom stereocenters. The van der Waals surface area contributed by atoms with E-state index in [-0.39, 0.29) is 62.0 Å². The molecule has 0 saturated heterocycles. The number of carboxylic acids is 2. The molecule has 1 aliphatic rings. The maximum atomic E-state index is 13.3. The number of aliphatic carboxylic acids is 2. The van der Waals surface area contributed by atoms with Gasteiger partial charge in [0.2, 0.25) is 17.8 Å². The zero-order chi connectivity index (χ0) is 39.3. The third-order valence-corrected chi connectivity index (χ3v) is 9.98. The Morgan fingerprint density at radius 1 is 0.981 bits per heavy atom. The number of benzene rings is 1. The lowest BCUT2D eigenvalue weighted by atomic mass is 9.67. The average Bonchev–Trinajstić information content (AvgIpc) is 3.10. The molecular formula is C33H43N8O12P. The zero-order valence-corrected chi connectivity index (χ0v) is 30.6. The fourth-order valence-electron chi connectivity index (χ4n) is 5.31. The fourth-order valence-corrected chi connectivity index (χ4v) is 6.52. The molecule has 0 aliphatic heterocycles. The second-order valence-electron chi connectivity index (χ2n) is 12.1. The Kier molecular flexibility index (Phi) is 14.7. The quantitative estimate of drug-likeness (QED) is 0.0438. The number of hydrogen-bond donors (Lipinski definition) is 7. The average molecular weight is 775 g/mol. The van der Waals surface area contributed by atoms with Crippen molar-refractivity contribution >= 4 is 60.3 Å². The molecule has 3 aromatic rings. The lowest BCUT2D eigenvalue weighted by Crippen LogP contribution is -2.53. The van der Waals surface area contributed by atoms with Gasteiger partial charge in [0.1, 0.15) is 11.5 Å². The van der Waals surface area contributed by atoms with Gasteiger partial charge in [0, 0.05) is 24.2 Å². The summed E-state index contributed by atoms with van der Waals surface area (Å²) in [6.07, 6.45) is 2.91. The number of carbonyl (C=O) groups excluding carboxylic acids is 3. The smallest absolute Gasteiger partial charge is 0.474 e. The Labute approximate surface area is 308 Å². The third kappa shape index (κ3) is 11.1. The van der Waals surface area contributed by atoms with Gasteiger partial charge in [-0.1, -0.05) is 6.42 Å².